The van der Waals surface area contributed by atoms with Gasteiger partial charge in [-0.25, -0.2) is 4.79 Å². The lowest BCUT2D eigenvalue weighted by molar-refractivity contribution is -0.207. The largest absolute Gasteiger partial charge is 0.469 e. The molecule has 1 aromatic rings. The van der Waals surface area contributed by atoms with Crippen molar-refractivity contribution in [2.45, 2.75) is 96.9 Å². The number of rotatable bonds is 6. The molecule has 0 aliphatic heterocycles. The number of carbonyl (C=O) groups is 2. The first-order chi connectivity index (χ1) is 18.1. The van der Waals surface area contributed by atoms with Crippen LogP contribution in [0, 0.1) is 46.3 Å². The van der Waals surface area contributed by atoms with E-state index in [4.69, 9.17) is 9.47 Å². The summed E-state index contributed by atoms with van der Waals surface area (Å²) in [7, 11) is 1.43. The standard InChI is InChI=1S/C32H46O6/c1-19(10-13-28(35)37-4)23-11-12-24-29-25(18-27(34)32(23,24)3)31(2)15-14-22(16-21(31)17-26(29)33)38-30(36)20-8-6-5-7-9-20/h5-9,19,21-27,29,33-34H,10-18H2,1-4H3/t19-,21-,22-,23-,24+,25+,26-,27+,29+,31+,32-/m1/s1. The van der Waals surface area contributed by atoms with E-state index in [0.29, 0.717) is 23.8 Å². The number of methoxy groups -OCH3 is 1. The van der Waals surface area contributed by atoms with Crippen LogP contribution in [0.15, 0.2) is 30.3 Å². The number of benzene rings is 1. The molecule has 4 saturated carbocycles. The second kappa shape index (κ2) is 10.6. The maximum Gasteiger partial charge on any atom is 0.338 e. The predicted octanol–water partition coefficient (Wildman–Crippen LogP) is 5.40. The fraction of sp³-hybridized carbons (Fsp3) is 0.750. The highest BCUT2D eigenvalue weighted by atomic mass is 16.5. The number of hydrogen-bond acceptors (Lipinski definition) is 6. The molecule has 2 N–H and O–H groups in total. The molecular formula is C32H46O6. The molecule has 0 bridgehead atoms. The summed E-state index contributed by atoms with van der Waals surface area (Å²) in [5.41, 5.74) is 0.357. The molecule has 210 valence electrons. The number of esters is 2. The van der Waals surface area contributed by atoms with Gasteiger partial charge in [-0.05, 0) is 110 Å². The van der Waals surface area contributed by atoms with E-state index in [-0.39, 0.29) is 52.5 Å². The number of hydrogen-bond donors (Lipinski definition) is 2. The zero-order valence-electron chi connectivity index (χ0n) is 23.5. The summed E-state index contributed by atoms with van der Waals surface area (Å²) in [5, 5.41) is 23.4. The Morgan fingerprint density at radius 1 is 1.03 bits per heavy atom. The van der Waals surface area contributed by atoms with E-state index >= 15 is 0 Å². The minimum Gasteiger partial charge on any atom is -0.469 e. The minimum absolute atomic E-state index is 0.0243. The Balaban J connectivity index is 1.30. The lowest BCUT2D eigenvalue weighted by Gasteiger charge is -2.63. The van der Waals surface area contributed by atoms with E-state index in [1.165, 1.54) is 7.11 Å². The summed E-state index contributed by atoms with van der Waals surface area (Å²) in [6.07, 6.45) is 6.31. The van der Waals surface area contributed by atoms with Gasteiger partial charge in [-0.15, -0.1) is 0 Å². The van der Waals surface area contributed by atoms with E-state index in [1.807, 2.05) is 18.2 Å². The minimum atomic E-state index is -0.418. The van der Waals surface area contributed by atoms with Gasteiger partial charge in [-0.3, -0.25) is 4.79 Å². The summed E-state index contributed by atoms with van der Waals surface area (Å²) in [6, 6.07) is 9.16. The van der Waals surface area contributed by atoms with Gasteiger partial charge in [0.15, 0.2) is 0 Å². The predicted molar refractivity (Wildman–Crippen MR) is 144 cm³/mol. The van der Waals surface area contributed by atoms with Gasteiger partial charge in [0.2, 0.25) is 0 Å². The highest BCUT2D eigenvalue weighted by Crippen LogP contribution is 2.68. The summed E-state index contributed by atoms with van der Waals surface area (Å²) in [6.45, 7) is 6.84. The van der Waals surface area contributed by atoms with Crippen LogP contribution in [0.2, 0.25) is 0 Å². The molecule has 4 aliphatic carbocycles. The van der Waals surface area contributed by atoms with E-state index in [1.54, 1.807) is 12.1 Å². The molecule has 0 amide bonds. The maximum atomic E-state index is 12.7. The molecule has 1 aromatic carbocycles. The molecule has 0 radical (unpaired) electrons. The van der Waals surface area contributed by atoms with Crippen LogP contribution >= 0.6 is 0 Å². The Labute approximate surface area is 227 Å². The van der Waals surface area contributed by atoms with Crippen molar-refractivity contribution in [3.63, 3.8) is 0 Å². The molecule has 5 rings (SSSR count). The van der Waals surface area contributed by atoms with Gasteiger partial charge in [0.25, 0.3) is 0 Å². The Bertz CT molecular complexity index is 1010. The molecule has 6 nitrogen and oxygen atoms in total. The maximum absolute atomic E-state index is 12.7. The Kier molecular flexibility index (Phi) is 7.69. The van der Waals surface area contributed by atoms with E-state index in [9.17, 15) is 19.8 Å². The fourth-order valence-corrected chi connectivity index (χ4v) is 9.66. The normalized spacial score (nSPS) is 42.8. The van der Waals surface area contributed by atoms with Crippen molar-refractivity contribution in [2.24, 2.45) is 46.3 Å². The molecule has 0 saturated heterocycles. The Hall–Kier alpha value is -1.92. The molecule has 0 unspecified atom stereocenters. The van der Waals surface area contributed by atoms with E-state index in [0.717, 1.165) is 51.4 Å². The first-order valence-electron chi connectivity index (χ1n) is 14.8. The lowest BCUT2D eigenvalue weighted by atomic mass is 9.43. The van der Waals surface area contributed by atoms with Gasteiger partial charge in [0, 0.05) is 6.42 Å². The summed E-state index contributed by atoms with van der Waals surface area (Å²) < 4.78 is 10.8. The van der Waals surface area contributed by atoms with Crippen molar-refractivity contribution >= 4 is 11.9 Å². The van der Waals surface area contributed by atoms with Crippen LogP contribution in [0.5, 0.6) is 0 Å². The molecule has 4 aliphatic rings. The summed E-state index contributed by atoms with van der Waals surface area (Å²) in [4.78, 5) is 24.5. The van der Waals surface area contributed by atoms with Gasteiger partial charge in [-0.1, -0.05) is 39.0 Å². The zero-order valence-corrected chi connectivity index (χ0v) is 23.5. The number of aliphatic hydroxyl groups is 2. The molecule has 0 spiro atoms. The summed E-state index contributed by atoms with van der Waals surface area (Å²) >= 11 is 0. The molecule has 11 atom stereocenters. The average Bonchev–Trinajstić information content (AvgIpc) is 3.27. The third-order valence-corrected chi connectivity index (χ3v) is 11.8. The van der Waals surface area contributed by atoms with Crippen LogP contribution in [0.25, 0.3) is 0 Å². The molecule has 6 heteroatoms. The Morgan fingerprint density at radius 2 is 1.76 bits per heavy atom. The summed E-state index contributed by atoms with van der Waals surface area (Å²) in [5.74, 6) is 1.21. The third kappa shape index (κ3) is 4.60. The van der Waals surface area contributed by atoms with E-state index in [2.05, 4.69) is 20.8 Å². The topological polar surface area (TPSA) is 93.1 Å². The van der Waals surface area contributed by atoms with Crippen LogP contribution in [0.1, 0.15) is 88.9 Å². The van der Waals surface area contributed by atoms with E-state index < -0.39 is 12.2 Å². The van der Waals surface area contributed by atoms with Gasteiger partial charge in [0.1, 0.15) is 6.10 Å². The molecule has 0 aromatic heterocycles. The van der Waals surface area contributed by atoms with Crippen molar-refractivity contribution in [3.05, 3.63) is 35.9 Å². The van der Waals surface area contributed by atoms with Gasteiger partial charge in [0.05, 0.1) is 24.9 Å². The second-order valence-electron chi connectivity index (χ2n) is 13.4. The van der Waals surface area contributed by atoms with Crippen LogP contribution in [0.3, 0.4) is 0 Å². The monoisotopic (exact) mass is 526 g/mol. The molecule has 38 heavy (non-hydrogen) atoms. The number of aliphatic hydroxyl groups excluding tert-OH is 2. The molecule has 4 fully saturated rings. The second-order valence-corrected chi connectivity index (χ2v) is 13.4. The van der Waals surface area contributed by atoms with Crippen LogP contribution < -0.4 is 0 Å². The number of fused-ring (bicyclic) bond motifs is 5. The Morgan fingerprint density at radius 3 is 2.47 bits per heavy atom. The highest BCUT2D eigenvalue weighted by molar-refractivity contribution is 5.89. The molecule has 0 heterocycles. The number of carbonyl (C=O) groups excluding carboxylic acids is 2. The fourth-order valence-electron chi connectivity index (χ4n) is 9.66. The quantitative estimate of drug-likeness (QED) is 0.482. The lowest BCUT2D eigenvalue weighted by Crippen LogP contribution is -2.62. The first-order valence-corrected chi connectivity index (χ1v) is 14.8. The zero-order chi connectivity index (χ0) is 27.2. The van der Waals surface area contributed by atoms with Gasteiger partial charge >= 0.3 is 11.9 Å². The van der Waals surface area contributed by atoms with Crippen molar-refractivity contribution < 1.29 is 29.3 Å². The first kappa shape index (κ1) is 27.6. The third-order valence-electron chi connectivity index (χ3n) is 11.8. The van der Waals surface area contributed by atoms with Crippen LogP contribution in [-0.2, 0) is 14.3 Å². The van der Waals surface area contributed by atoms with Crippen LogP contribution in [-0.4, -0.2) is 47.6 Å². The van der Waals surface area contributed by atoms with Crippen molar-refractivity contribution in [1.82, 2.24) is 0 Å². The smallest absolute Gasteiger partial charge is 0.338 e. The van der Waals surface area contributed by atoms with Gasteiger partial charge < -0.3 is 19.7 Å². The number of ether oxygens (including phenoxy) is 2. The van der Waals surface area contributed by atoms with Crippen molar-refractivity contribution in [3.8, 4) is 0 Å². The van der Waals surface area contributed by atoms with Crippen molar-refractivity contribution in [2.75, 3.05) is 7.11 Å². The highest BCUT2D eigenvalue weighted by Gasteiger charge is 2.65. The van der Waals surface area contributed by atoms with Crippen molar-refractivity contribution in [1.29, 1.82) is 0 Å². The van der Waals surface area contributed by atoms with Crippen LogP contribution in [0.4, 0.5) is 0 Å². The molecular weight excluding hydrogens is 480 g/mol. The van der Waals surface area contributed by atoms with Gasteiger partial charge in [-0.2, -0.15) is 0 Å². The average molecular weight is 527 g/mol. The SMILES string of the molecule is COC(=O)CC[C@@H](C)[C@H]1CC[C@H]2[C@@H]3[C@H](O)C[C@H]4C[C@H](OC(=O)c5ccccc5)CC[C@]4(C)[C@H]3C[C@H](O)[C@]12C.